The van der Waals surface area contributed by atoms with Crippen LogP contribution in [0.4, 0.5) is 70.2 Å². The Morgan fingerprint density at radius 1 is 0.500 bits per heavy atom. The van der Waals surface area contributed by atoms with Crippen LogP contribution in [-0.2, 0) is 12.1 Å². The summed E-state index contributed by atoms with van der Waals surface area (Å²) in [5, 5.41) is 6.76. The molecule has 0 radical (unpaired) electrons. The van der Waals surface area contributed by atoms with E-state index >= 15 is 0 Å². The molecule has 0 fully saturated rings. The molecule has 0 aromatic heterocycles. The zero-order valence-corrected chi connectivity index (χ0v) is 15.0. The molecule has 0 aliphatic rings. The zero-order valence-electron chi connectivity index (χ0n) is 15.0. The highest BCUT2D eigenvalue weighted by atomic mass is 19.4. The van der Waals surface area contributed by atoms with Crippen molar-refractivity contribution in [2.24, 2.45) is 0 Å². The Labute approximate surface area is 175 Å². The average Bonchev–Trinajstić information content (AvgIpc) is 2.68. The van der Waals surface area contributed by atoms with E-state index in [1.54, 1.807) is 0 Å². The standard InChI is InChI=1S/C17HF16N/c18-7-3(8(19)12(23)5(11(7)22)15(26,27)17(31,32)33)2(1-34)4-9(20)13(24)6(16(28,29)30)14(25)10(4)21/h34H. The molecule has 0 saturated heterocycles. The molecular formula is C17HF16N. The molecule has 34 heavy (non-hydrogen) atoms. The summed E-state index contributed by atoms with van der Waals surface area (Å²) in [5.74, 6) is -32.4. The second kappa shape index (κ2) is 8.21. The van der Waals surface area contributed by atoms with Crippen LogP contribution in [-0.4, -0.2) is 12.0 Å². The van der Waals surface area contributed by atoms with Crippen molar-refractivity contribution in [1.82, 2.24) is 0 Å². The third-order valence-corrected chi connectivity index (χ3v) is 4.11. The van der Waals surface area contributed by atoms with Gasteiger partial charge in [0.15, 0.2) is 46.5 Å². The number of halogens is 16. The van der Waals surface area contributed by atoms with E-state index in [4.69, 9.17) is 5.41 Å². The van der Waals surface area contributed by atoms with E-state index in [-0.39, 0.29) is 0 Å². The molecule has 0 amide bonds. The van der Waals surface area contributed by atoms with Crippen molar-refractivity contribution in [3.63, 3.8) is 0 Å². The van der Waals surface area contributed by atoms with Gasteiger partial charge in [-0.05, 0) is 5.87 Å². The second-order valence-electron chi connectivity index (χ2n) is 6.08. The number of hydrogen-bond acceptors (Lipinski definition) is 1. The van der Waals surface area contributed by atoms with Crippen molar-refractivity contribution < 1.29 is 70.2 Å². The first-order valence-electron chi connectivity index (χ1n) is 7.77. The fourth-order valence-corrected chi connectivity index (χ4v) is 2.62. The van der Waals surface area contributed by atoms with Gasteiger partial charge >= 0.3 is 18.3 Å². The van der Waals surface area contributed by atoms with Crippen LogP contribution < -0.4 is 0 Å². The van der Waals surface area contributed by atoms with Gasteiger partial charge in [0.25, 0.3) is 0 Å². The van der Waals surface area contributed by atoms with Crippen molar-refractivity contribution in [1.29, 1.82) is 5.41 Å². The van der Waals surface area contributed by atoms with Crippen LogP contribution in [0.2, 0.25) is 0 Å². The highest BCUT2D eigenvalue weighted by molar-refractivity contribution is 5.98. The van der Waals surface area contributed by atoms with Crippen LogP contribution in [0, 0.1) is 51.9 Å². The van der Waals surface area contributed by atoms with Gasteiger partial charge in [0.2, 0.25) is 0 Å². The van der Waals surface area contributed by atoms with Crippen LogP contribution in [0.5, 0.6) is 0 Å². The molecule has 0 atom stereocenters. The zero-order chi connectivity index (χ0) is 26.7. The van der Waals surface area contributed by atoms with E-state index < -0.39 is 92.6 Å². The van der Waals surface area contributed by atoms with Crippen molar-refractivity contribution in [2.45, 2.75) is 18.3 Å². The molecule has 0 aliphatic carbocycles. The molecule has 2 aromatic carbocycles. The average molecular weight is 523 g/mol. The van der Waals surface area contributed by atoms with Crippen LogP contribution in [0.1, 0.15) is 22.3 Å². The highest BCUT2D eigenvalue weighted by Gasteiger charge is 2.62. The predicted molar refractivity (Wildman–Crippen MR) is 77.7 cm³/mol. The third-order valence-electron chi connectivity index (χ3n) is 4.11. The lowest BCUT2D eigenvalue weighted by atomic mass is 9.92. The Bertz CT molecular complexity index is 1170. The Balaban J connectivity index is 3.01. The monoisotopic (exact) mass is 523 g/mol. The van der Waals surface area contributed by atoms with Gasteiger partial charge in [-0.15, -0.1) is 0 Å². The minimum atomic E-state index is -6.84. The molecule has 0 unspecified atom stereocenters. The normalized spacial score (nSPS) is 12.7. The number of hydrogen-bond donors (Lipinski definition) is 1. The van der Waals surface area contributed by atoms with Crippen molar-refractivity contribution in [3.8, 4) is 0 Å². The molecule has 0 saturated carbocycles. The topological polar surface area (TPSA) is 23.9 Å². The number of alkyl halides is 8. The van der Waals surface area contributed by atoms with E-state index in [2.05, 4.69) is 0 Å². The number of nitrogens with one attached hydrogen (secondary N) is 1. The first-order valence-corrected chi connectivity index (χ1v) is 7.77. The summed E-state index contributed by atoms with van der Waals surface area (Å²) >= 11 is 0. The Hall–Kier alpha value is -3.23. The molecule has 186 valence electrons. The van der Waals surface area contributed by atoms with E-state index in [1.165, 1.54) is 0 Å². The number of benzene rings is 2. The predicted octanol–water partition coefficient (Wildman–Crippen LogP) is 7.15. The minimum absolute atomic E-state index is 0.603. The molecule has 0 spiro atoms. The molecule has 2 rings (SSSR count). The van der Waals surface area contributed by atoms with E-state index in [0.29, 0.717) is 5.87 Å². The lowest BCUT2D eigenvalue weighted by Gasteiger charge is -2.22. The van der Waals surface area contributed by atoms with E-state index in [0.717, 1.165) is 0 Å². The van der Waals surface area contributed by atoms with E-state index in [9.17, 15) is 70.2 Å². The lowest BCUT2D eigenvalue weighted by Crippen LogP contribution is -2.36. The largest absolute Gasteiger partial charge is 0.458 e. The van der Waals surface area contributed by atoms with E-state index in [1.807, 2.05) is 0 Å². The summed E-state index contributed by atoms with van der Waals surface area (Å²) in [4.78, 5) is 0. The summed E-state index contributed by atoms with van der Waals surface area (Å²) in [6.07, 6.45) is -12.9. The third kappa shape index (κ3) is 3.86. The van der Waals surface area contributed by atoms with Gasteiger partial charge in [0.1, 0.15) is 11.1 Å². The van der Waals surface area contributed by atoms with Gasteiger partial charge in [-0.25, -0.2) is 35.1 Å². The maximum absolute atomic E-state index is 14.2. The van der Waals surface area contributed by atoms with Crippen molar-refractivity contribution in [2.75, 3.05) is 0 Å². The van der Waals surface area contributed by atoms with Gasteiger partial charge in [-0.3, -0.25) is 5.41 Å². The maximum atomic E-state index is 14.2. The fraction of sp³-hybridized carbons (Fsp3) is 0.176. The summed E-state index contributed by atoms with van der Waals surface area (Å²) in [6, 6.07) is 0. The van der Waals surface area contributed by atoms with Crippen molar-refractivity contribution >= 4 is 11.4 Å². The quantitative estimate of drug-likeness (QED) is 0.251. The molecule has 0 aliphatic heterocycles. The van der Waals surface area contributed by atoms with Gasteiger partial charge in [-0.1, -0.05) is 0 Å². The Morgan fingerprint density at radius 3 is 1.03 bits per heavy atom. The fourth-order valence-electron chi connectivity index (χ4n) is 2.62. The van der Waals surface area contributed by atoms with Gasteiger partial charge in [0.05, 0.1) is 16.7 Å². The van der Waals surface area contributed by atoms with Crippen LogP contribution in [0.15, 0.2) is 0 Å². The minimum Gasteiger partial charge on any atom is -0.258 e. The second-order valence-corrected chi connectivity index (χ2v) is 6.08. The molecule has 0 heterocycles. The summed E-state index contributed by atoms with van der Waals surface area (Å²) < 4.78 is 214. The number of rotatable bonds is 3. The first-order chi connectivity index (χ1) is 15.2. The molecule has 2 aromatic rings. The first kappa shape index (κ1) is 27.0. The molecule has 0 bridgehead atoms. The van der Waals surface area contributed by atoms with Gasteiger partial charge in [-0.2, -0.15) is 35.1 Å². The summed E-state index contributed by atoms with van der Waals surface area (Å²) in [7, 11) is 0. The molecule has 17 heteroatoms. The summed E-state index contributed by atoms with van der Waals surface area (Å²) in [5.41, 5.74) is -14.5. The Morgan fingerprint density at radius 2 is 0.794 bits per heavy atom. The highest BCUT2D eigenvalue weighted by Crippen LogP contribution is 2.48. The SMILES string of the molecule is N=C=C(c1c(F)c(F)c(C(F)(F)F)c(F)c1F)c1c(F)c(F)c(C(F)(F)C(F)(F)F)c(F)c1F. The van der Waals surface area contributed by atoms with Crippen molar-refractivity contribution in [3.05, 3.63) is 68.8 Å². The van der Waals surface area contributed by atoms with Crippen LogP contribution >= 0.6 is 0 Å². The van der Waals surface area contributed by atoms with Gasteiger partial charge in [0, 0.05) is 0 Å². The smallest absolute Gasteiger partial charge is 0.258 e. The van der Waals surface area contributed by atoms with Gasteiger partial charge < -0.3 is 0 Å². The molecular weight excluding hydrogens is 522 g/mol. The molecule has 1 N–H and O–H groups in total. The van der Waals surface area contributed by atoms with Crippen LogP contribution in [0.3, 0.4) is 0 Å². The van der Waals surface area contributed by atoms with Crippen LogP contribution in [0.25, 0.3) is 5.57 Å². The Kier molecular flexibility index (Phi) is 6.53. The maximum Gasteiger partial charge on any atom is 0.458 e. The molecule has 1 nitrogen and oxygen atoms in total. The summed E-state index contributed by atoms with van der Waals surface area (Å²) in [6.45, 7) is 0. The lowest BCUT2D eigenvalue weighted by molar-refractivity contribution is -0.291.